The van der Waals surface area contributed by atoms with E-state index in [9.17, 15) is 9.59 Å². The third kappa shape index (κ3) is 4.68. The molecule has 0 unspecified atom stereocenters. The summed E-state index contributed by atoms with van der Waals surface area (Å²) in [5, 5.41) is 4.38. The molecule has 31 heavy (non-hydrogen) atoms. The summed E-state index contributed by atoms with van der Waals surface area (Å²) in [6.07, 6.45) is 2.39. The number of carbonyl (C=O) groups excluding carboxylic acids is 2. The Labute approximate surface area is 182 Å². The molecule has 160 valence electrons. The molecular weight excluding hydrogens is 390 g/mol. The summed E-state index contributed by atoms with van der Waals surface area (Å²) >= 11 is 0. The average molecular weight is 418 g/mol. The van der Waals surface area contributed by atoms with Crippen molar-refractivity contribution in [1.82, 2.24) is 14.7 Å². The lowest BCUT2D eigenvalue weighted by atomic mass is 9.90. The van der Waals surface area contributed by atoms with E-state index in [0.29, 0.717) is 30.1 Å². The number of ether oxygens (including phenoxy) is 1. The van der Waals surface area contributed by atoms with Gasteiger partial charge in [0, 0.05) is 31.6 Å². The molecule has 1 fully saturated rings. The minimum absolute atomic E-state index is 0.0567. The highest BCUT2D eigenvalue weighted by Gasteiger charge is 2.30. The highest BCUT2D eigenvalue weighted by Crippen LogP contribution is 2.25. The van der Waals surface area contributed by atoms with Crippen molar-refractivity contribution in [2.75, 3.05) is 13.1 Å². The van der Waals surface area contributed by atoms with Gasteiger partial charge in [0.05, 0.1) is 5.69 Å². The Hall–Kier alpha value is -3.41. The molecular formula is C25H27N3O3. The van der Waals surface area contributed by atoms with Gasteiger partial charge < -0.3 is 9.64 Å². The predicted octanol–water partition coefficient (Wildman–Crippen LogP) is 4.51. The van der Waals surface area contributed by atoms with Crippen LogP contribution in [0.2, 0.25) is 0 Å². The summed E-state index contributed by atoms with van der Waals surface area (Å²) in [4.78, 5) is 27.9. The summed E-state index contributed by atoms with van der Waals surface area (Å²) in [7, 11) is 1.79. The zero-order chi connectivity index (χ0) is 21.8. The molecule has 0 saturated carbocycles. The Bertz CT molecular complexity index is 1060. The fraction of sp³-hybridized carbons (Fsp3) is 0.320. The fourth-order valence-corrected chi connectivity index (χ4v) is 3.98. The minimum atomic E-state index is -0.197. The van der Waals surface area contributed by atoms with E-state index in [1.54, 1.807) is 28.8 Å². The number of rotatable bonds is 6. The van der Waals surface area contributed by atoms with Crippen LogP contribution in [-0.2, 0) is 13.5 Å². The van der Waals surface area contributed by atoms with Crippen molar-refractivity contribution in [1.29, 1.82) is 0 Å². The molecule has 6 heteroatoms. The Morgan fingerprint density at radius 3 is 2.45 bits per heavy atom. The van der Waals surface area contributed by atoms with Crippen molar-refractivity contribution in [3.05, 3.63) is 77.6 Å². The molecule has 4 rings (SSSR count). The maximum Gasteiger partial charge on any atom is 0.272 e. The molecule has 1 aliphatic heterocycles. The fourth-order valence-electron chi connectivity index (χ4n) is 3.98. The van der Waals surface area contributed by atoms with Crippen molar-refractivity contribution in [2.45, 2.75) is 26.2 Å². The van der Waals surface area contributed by atoms with Gasteiger partial charge in [-0.2, -0.15) is 5.10 Å². The second kappa shape index (κ2) is 9.16. The SMILES string of the molecule is CCc1cc(C(=O)N2CCC[C@@H](C(=O)c3ccc(Oc4ccccc4)cc3)C2)n(C)n1. The van der Waals surface area contributed by atoms with E-state index in [1.165, 1.54) is 0 Å². The monoisotopic (exact) mass is 417 g/mol. The van der Waals surface area contributed by atoms with Gasteiger partial charge in [0.15, 0.2) is 5.78 Å². The van der Waals surface area contributed by atoms with Crippen LogP contribution in [0.15, 0.2) is 60.7 Å². The van der Waals surface area contributed by atoms with Crippen LogP contribution < -0.4 is 4.74 Å². The molecule has 0 spiro atoms. The molecule has 0 radical (unpaired) electrons. The largest absolute Gasteiger partial charge is 0.457 e. The maximum atomic E-state index is 13.1. The zero-order valence-electron chi connectivity index (χ0n) is 18.0. The van der Waals surface area contributed by atoms with Gasteiger partial charge in [-0.05, 0) is 61.7 Å². The number of aromatic nitrogens is 2. The third-order valence-corrected chi connectivity index (χ3v) is 5.71. The van der Waals surface area contributed by atoms with E-state index in [4.69, 9.17) is 4.74 Å². The number of nitrogens with zero attached hydrogens (tertiary/aromatic N) is 3. The van der Waals surface area contributed by atoms with Crippen molar-refractivity contribution in [3.63, 3.8) is 0 Å². The van der Waals surface area contributed by atoms with Crippen LogP contribution in [0.4, 0.5) is 0 Å². The number of hydrogen-bond acceptors (Lipinski definition) is 4. The number of aryl methyl sites for hydroxylation is 2. The Balaban J connectivity index is 1.42. The van der Waals surface area contributed by atoms with E-state index in [0.717, 1.165) is 30.7 Å². The quantitative estimate of drug-likeness (QED) is 0.554. The number of Topliss-reactive ketones (excluding diaryl/α,β-unsaturated/α-hetero) is 1. The Morgan fingerprint density at radius 2 is 1.77 bits per heavy atom. The van der Waals surface area contributed by atoms with Gasteiger partial charge in [-0.25, -0.2) is 0 Å². The molecule has 0 bridgehead atoms. The minimum Gasteiger partial charge on any atom is -0.457 e. The maximum absolute atomic E-state index is 13.1. The number of ketones is 1. The second-order valence-electron chi connectivity index (χ2n) is 7.89. The summed E-state index contributed by atoms with van der Waals surface area (Å²) < 4.78 is 7.44. The van der Waals surface area contributed by atoms with Crippen molar-refractivity contribution in [2.24, 2.45) is 13.0 Å². The molecule has 1 saturated heterocycles. The number of para-hydroxylation sites is 1. The van der Waals surface area contributed by atoms with Crippen LogP contribution >= 0.6 is 0 Å². The van der Waals surface area contributed by atoms with Gasteiger partial charge >= 0.3 is 0 Å². The number of piperidine rings is 1. The Kier molecular flexibility index (Phi) is 6.16. The summed E-state index contributed by atoms with van der Waals surface area (Å²) in [6, 6.07) is 18.6. The van der Waals surface area contributed by atoms with Crippen LogP contribution in [0.1, 0.15) is 46.3 Å². The number of carbonyl (C=O) groups is 2. The summed E-state index contributed by atoms with van der Waals surface area (Å²) in [5.41, 5.74) is 2.12. The van der Waals surface area contributed by atoms with E-state index in [2.05, 4.69) is 5.10 Å². The van der Waals surface area contributed by atoms with E-state index in [-0.39, 0.29) is 17.6 Å². The Morgan fingerprint density at radius 1 is 1.06 bits per heavy atom. The van der Waals surface area contributed by atoms with Crippen LogP contribution in [0.5, 0.6) is 11.5 Å². The van der Waals surface area contributed by atoms with E-state index >= 15 is 0 Å². The smallest absolute Gasteiger partial charge is 0.272 e. The topological polar surface area (TPSA) is 64.4 Å². The number of hydrogen-bond donors (Lipinski definition) is 0. The molecule has 6 nitrogen and oxygen atoms in total. The van der Waals surface area contributed by atoms with Crippen molar-refractivity contribution < 1.29 is 14.3 Å². The normalized spacial score (nSPS) is 16.2. The van der Waals surface area contributed by atoms with Crippen molar-refractivity contribution >= 4 is 11.7 Å². The first kappa shape index (κ1) is 20.8. The highest BCUT2D eigenvalue weighted by molar-refractivity contribution is 5.99. The van der Waals surface area contributed by atoms with E-state index in [1.807, 2.05) is 55.5 Å². The standard InChI is InChI=1S/C25H27N3O3/c1-3-20-16-23(27(2)26-20)25(30)28-15-7-8-19(17-28)24(29)18-11-13-22(14-12-18)31-21-9-5-4-6-10-21/h4-6,9-14,16,19H,3,7-8,15,17H2,1-2H3/t19-/m1/s1. The van der Waals surface area contributed by atoms with Gasteiger partial charge in [0.1, 0.15) is 17.2 Å². The number of benzene rings is 2. The number of amides is 1. The van der Waals surface area contributed by atoms with Gasteiger partial charge in [-0.3, -0.25) is 14.3 Å². The van der Waals surface area contributed by atoms with Gasteiger partial charge in [0.25, 0.3) is 5.91 Å². The molecule has 1 amide bonds. The first-order chi connectivity index (χ1) is 15.0. The first-order valence-corrected chi connectivity index (χ1v) is 10.7. The van der Waals surface area contributed by atoms with Gasteiger partial charge in [-0.1, -0.05) is 25.1 Å². The van der Waals surface area contributed by atoms with Crippen LogP contribution in [0.25, 0.3) is 0 Å². The summed E-state index contributed by atoms with van der Waals surface area (Å²) in [6.45, 7) is 3.12. The lowest BCUT2D eigenvalue weighted by molar-refractivity contribution is 0.0628. The van der Waals surface area contributed by atoms with E-state index < -0.39 is 0 Å². The lowest BCUT2D eigenvalue weighted by Gasteiger charge is -2.32. The zero-order valence-corrected chi connectivity index (χ0v) is 18.0. The molecule has 1 atom stereocenters. The van der Waals surface area contributed by atoms with Crippen LogP contribution in [0.3, 0.4) is 0 Å². The first-order valence-electron chi connectivity index (χ1n) is 10.7. The van der Waals surface area contributed by atoms with Gasteiger partial charge in [0.2, 0.25) is 0 Å². The van der Waals surface area contributed by atoms with Crippen LogP contribution in [-0.4, -0.2) is 39.5 Å². The lowest BCUT2D eigenvalue weighted by Crippen LogP contribution is -2.43. The molecule has 2 aromatic carbocycles. The predicted molar refractivity (Wildman–Crippen MR) is 119 cm³/mol. The number of likely N-dealkylation sites (tertiary alicyclic amines) is 1. The third-order valence-electron chi connectivity index (χ3n) is 5.71. The molecule has 0 aliphatic carbocycles. The average Bonchev–Trinajstić information content (AvgIpc) is 3.20. The van der Waals surface area contributed by atoms with Crippen molar-refractivity contribution in [3.8, 4) is 11.5 Å². The van der Waals surface area contributed by atoms with Gasteiger partial charge in [-0.15, -0.1) is 0 Å². The molecule has 1 aliphatic rings. The molecule has 2 heterocycles. The second-order valence-corrected chi connectivity index (χ2v) is 7.89. The molecule has 0 N–H and O–H groups in total. The van der Waals surface area contributed by atoms with Crippen LogP contribution in [0, 0.1) is 5.92 Å². The summed E-state index contributed by atoms with van der Waals surface area (Å²) in [5.74, 6) is 1.26. The molecule has 3 aromatic rings. The molecule has 1 aromatic heterocycles. The highest BCUT2D eigenvalue weighted by atomic mass is 16.5.